The minimum atomic E-state index is -1.13. The van der Waals surface area contributed by atoms with Gasteiger partial charge in [-0.05, 0) is 13.0 Å². The number of nitrogens with two attached hydrogens (primary N) is 1. The second-order valence-corrected chi connectivity index (χ2v) is 4.53. The van der Waals surface area contributed by atoms with Crippen LogP contribution in [0, 0.1) is 17.0 Å². The third-order valence-electron chi connectivity index (χ3n) is 2.94. The van der Waals surface area contributed by atoms with E-state index in [1.165, 1.54) is 16.9 Å². The Balaban J connectivity index is 2.27. The molecule has 110 valence electrons. The van der Waals surface area contributed by atoms with Crippen molar-refractivity contribution in [1.29, 1.82) is 0 Å². The molecule has 0 aliphatic heterocycles. The summed E-state index contributed by atoms with van der Waals surface area (Å²) in [6, 6.07) is 3.59. The van der Waals surface area contributed by atoms with Gasteiger partial charge in [-0.25, -0.2) is 4.68 Å². The lowest BCUT2D eigenvalue weighted by atomic mass is 10.2. The summed E-state index contributed by atoms with van der Waals surface area (Å²) in [7, 11) is 0. The minimum absolute atomic E-state index is 0.0215. The Kier molecular flexibility index (Phi) is 3.94. The third kappa shape index (κ3) is 3.20. The summed E-state index contributed by atoms with van der Waals surface area (Å²) in [6.45, 7) is 1.64. The molecule has 21 heavy (non-hydrogen) atoms. The van der Waals surface area contributed by atoms with Crippen LogP contribution in [0.1, 0.15) is 11.3 Å². The number of nitrogens with zero attached hydrogens (tertiary/aromatic N) is 4. The van der Waals surface area contributed by atoms with E-state index in [0.717, 1.165) is 0 Å². The van der Waals surface area contributed by atoms with Gasteiger partial charge in [0.1, 0.15) is 6.04 Å². The normalized spacial score (nSPS) is 12.1. The number of rotatable bonds is 5. The largest absolute Gasteiger partial charge is 0.480 e. The first kappa shape index (κ1) is 14.6. The number of nitro groups is 1. The highest BCUT2D eigenvalue weighted by Gasteiger charge is 2.16. The Morgan fingerprint density at radius 1 is 1.57 bits per heavy atom. The maximum Gasteiger partial charge on any atom is 0.320 e. The van der Waals surface area contributed by atoms with Gasteiger partial charge in [0, 0.05) is 18.1 Å². The molecule has 9 nitrogen and oxygen atoms in total. The van der Waals surface area contributed by atoms with Crippen LogP contribution in [0.4, 0.5) is 5.69 Å². The summed E-state index contributed by atoms with van der Waals surface area (Å²) >= 11 is 0. The molecule has 0 saturated heterocycles. The molecule has 0 aliphatic carbocycles. The molecular weight excluding hydrogens is 278 g/mol. The van der Waals surface area contributed by atoms with Crippen LogP contribution >= 0.6 is 0 Å². The quantitative estimate of drug-likeness (QED) is 0.602. The first-order chi connectivity index (χ1) is 9.88. The topological polar surface area (TPSA) is 137 Å². The summed E-state index contributed by atoms with van der Waals surface area (Å²) in [5, 5.41) is 27.3. The lowest BCUT2D eigenvalue weighted by molar-refractivity contribution is -0.385. The molecule has 1 aromatic heterocycles. The molecule has 1 atom stereocenters. The van der Waals surface area contributed by atoms with Crippen molar-refractivity contribution in [3.63, 3.8) is 0 Å². The van der Waals surface area contributed by atoms with Crippen LogP contribution in [0.3, 0.4) is 0 Å². The number of carbonyl (C=O) groups is 1. The zero-order valence-electron chi connectivity index (χ0n) is 11.1. The molecule has 2 rings (SSSR count). The molecule has 3 N–H and O–H groups in total. The van der Waals surface area contributed by atoms with Crippen LogP contribution in [0.15, 0.2) is 24.4 Å². The van der Waals surface area contributed by atoms with Crippen molar-refractivity contribution >= 4 is 11.7 Å². The Morgan fingerprint density at radius 3 is 2.90 bits per heavy atom. The van der Waals surface area contributed by atoms with E-state index >= 15 is 0 Å². The number of benzene rings is 1. The zero-order chi connectivity index (χ0) is 15.6. The summed E-state index contributed by atoms with van der Waals surface area (Å²) in [5.41, 5.74) is 6.80. The van der Waals surface area contributed by atoms with Gasteiger partial charge in [0.15, 0.2) is 0 Å². The lowest BCUT2D eigenvalue weighted by Gasteiger charge is -2.03. The second-order valence-electron chi connectivity index (χ2n) is 4.53. The van der Waals surface area contributed by atoms with Crippen LogP contribution in [-0.2, 0) is 11.2 Å². The van der Waals surface area contributed by atoms with E-state index < -0.39 is 16.9 Å². The molecule has 2 aromatic rings. The molecule has 0 saturated carbocycles. The van der Waals surface area contributed by atoms with E-state index in [0.29, 0.717) is 16.9 Å². The zero-order valence-corrected chi connectivity index (χ0v) is 11.1. The number of carboxylic acids is 1. The molecule has 0 fully saturated rings. The molecular formula is C12H13N5O4. The van der Waals surface area contributed by atoms with Crippen LogP contribution in [-0.4, -0.2) is 37.0 Å². The minimum Gasteiger partial charge on any atom is -0.480 e. The second kappa shape index (κ2) is 5.67. The van der Waals surface area contributed by atoms with Gasteiger partial charge in [0.05, 0.1) is 22.5 Å². The lowest BCUT2D eigenvalue weighted by Crippen LogP contribution is -2.32. The molecule has 9 heteroatoms. The molecule has 0 spiro atoms. The van der Waals surface area contributed by atoms with Crippen LogP contribution < -0.4 is 5.73 Å². The summed E-state index contributed by atoms with van der Waals surface area (Å²) in [4.78, 5) is 21.1. The first-order valence-electron chi connectivity index (χ1n) is 6.03. The average Bonchev–Trinajstić information content (AvgIpc) is 2.87. The molecule has 1 unspecified atom stereocenters. The fourth-order valence-electron chi connectivity index (χ4n) is 1.77. The maximum atomic E-state index is 10.9. The predicted octanol–water partition coefficient (Wildman–Crippen LogP) is 0.438. The first-order valence-corrected chi connectivity index (χ1v) is 6.03. The van der Waals surface area contributed by atoms with Gasteiger partial charge in [0.2, 0.25) is 0 Å². The molecule has 0 bridgehead atoms. The van der Waals surface area contributed by atoms with E-state index in [2.05, 4.69) is 10.3 Å². The number of carboxylic acid groups (broad SMARTS) is 1. The van der Waals surface area contributed by atoms with E-state index in [4.69, 9.17) is 10.8 Å². The monoisotopic (exact) mass is 291 g/mol. The predicted molar refractivity (Wildman–Crippen MR) is 72.1 cm³/mol. The number of aromatic nitrogens is 3. The van der Waals surface area contributed by atoms with Gasteiger partial charge in [0.25, 0.3) is 5.69 Å². The highest BCUT2D eigenvalue weighted by Crippen LogP contribution is 2.21. The smallest absolute Gasteiger partial charge is 0.320 e. The number of hydrogen-bond donors (Lipinski definition) is 2. The van der Waals surface area contributed by atoms with Crippen molar-refractivity contribution in [1.82, 2.24) is 15.0 Å². The Bertz CT molecular complexity index is 697. The van der Waals surface area contributed by atoms with Gasteiger partial charge in [-0.1, -0.05) is 11.3 Å². The molecule has 0 aliphatic rings. The van der Waals surface area contributed by atoms with Gasteiger partial charge in [-0.2, -0.15) is 0 Å². The van der Waals surface area contributed by atoms with Crippen LogP contribution in [0.5, 0.6) is 0 Å². The van der Waals surface area contributed by atoms with Gasteiger partial charge in [-0.15, -0.1) is 5.10 Å². The number of hydrogen-bond acceptors (Lipinski definition) is 6. The van der Waals surface area contributed by atoms with E-state index in [-0.39, 0.29) is 12.1 Å². The maximum absolute atomic E-state index is 10.9. The third-order valence-corrected chi connectivity index (χ3v) is 2.94. The van der Waals surface area contributed by atoms with Crippen molar-refractivity contribution in [2.24, 2.45) is 5.73 Å². The van der Waals surface area contributed by atoms with Crippen LogP contribution in [0.2, 0.25) is 0 Å². The molecule has 0 amide bonds. The SMILES string of the molecule is Cc1ccc(-n2cc(CC(N)C(=O)O)nn2)cc1[N+](=O)[O-]. The summed E-state index contributed by atoms with van der Waals surface area (Å²) in [5.74, 6) is -1.13. The highest BCUT2D eigenvalue weighted by atomic mass is 16.6. The van der Waals surface area contributed by atoms with Gasteiger partial charge < -0.3 is 10.8 Å². The van der Waals surface area contributed by atoms with Crippen molar-refractivity contribution in [3.8, 4) is 5.69 Å². The van der Waals surface area contributed by atoms with E-state index in [1.807, 2.05) is 0 Å². The summed E-state index contributed by atoms with van der Waals surface area (Å²) < 4.78 is 1.34. The molecule has 1 heterocycles. The number of aliphatic carboxylic acids is 1. The van der Waals surface area contributed by atoms with Crippen molar-refractivity contribution in [2.75, 3.05) is 0 Å². The number of aryl methyl sites for hydroxylation is 1. The van der Waals surface area contributed by atoms with Gasteiger partial charge in [-0.3, -0.25) is 14.9 Å². The van der Waals surface area contributed by atoms with E-state index in [1.54, 1.807) is 19.1 Å². The number of nitro benzene ring substituents is 1. The summed E-state index contributed by atoms with van der Waals surface area (Å²) in [6.07, 6.45) is 1.53. The van der Waals surface area contributed by atoms with Crippen molar-refractivity contribution in [3.05, 3.63) is 45.8 Å². The van der Waals surface area contributed by atoms with Crippen molar-refractivity contribution < 1.29 is 14.8 Å². The fraction of sp³-hybridized carbons (Fsp3) is 0.250. The fourth-order valence-corrected chi connectivity index (χ4v) is 1.77. The Labute approximate surface area is 119 Å². The Morgan fingerprint density at radius 2 is 2.29 bits per heavy atom. The van der Waals surface area contributed by atoms with E-state index in [9.17, 15) is 14.9 Å². The van der Waals surface area contributed by atoms with Crippen molar-refractivity contribution in [2.45, 2.75) is 19.4 Å². The molecule has 1 aromatic carbocycles. The van der Waals surface area contributed by atoms with Gasteiger partial charge >= 0.3 is 5.97 Å². The average molecular weight is 291 g/mol. The van der Waals surface area contributed by atoms with Crippen LogP contribution in [0.25, 0.3) is 5.69 Å². The molecule has 0 radical (unpaired) electrons. The standard InChI is InChI=1S/C12H13N5O4/c1-7-2-3-9(5-11(7)17(20)21)16-6-8(14-15-16)4-10(13)12(18)19/h2-3,5-6,10H,4,13H2,1H3,(H,18,19). The highest BCUT2D eigenvalue weighted by molar-refractivity contribution is 5.73. The Hall–Kier alpha value is -2.81.